The molecule has 0 aliphatic heterocycles. The Kier molecular flexibility index (Phi) is 4.79. The first kappa shape index (κ1) is 15.8. The first-order chi connectivity index (χ1) is 11.1. The van der Waals surface area contributed by atoms with Crippen LogP contribution in [0.3, 0.4) is 0 Å². The average Bonchev–Trinajstić information content (AvgIpc) is 3.02. The minimum atomic E-state index is -0.0734. The predicted molar refractivity (Wildman–Crippen MR) is 96.7 cm³/mol. The van der Waals surface area contributed by atoms with Crippen LogP contribution in [0, 0.1) is 0 Å². The number of allylic oxidation sites excluding steroid dienone is 1. The van der Waals surface area contributed by atoms with Gasteiger partial charge >= 0.3 is 0 Å². The Balaban J connectivity index is 1.76. The molecule has 3 aromatic rings. The summed E-state index contributed by atoms with van der Waals surface area (Å²) in [5, 5.41) is 0.681. The highest BCUT2D eigenvalue weighted by molar-refractivity contribution is 9.10. The first-order valence-corrected chi connectivity index (χ1v) is 8.13. The summed E-state index contributed by atoms with van der Waals surface area (Å²) >= 11 is 9.23. The van der Waals surface area contributed by atoms with Crippen LogP contribution in [-0.2, 0) is 0 Å². The molecule has 23 heavy (non-hydrogen) atoms. The van der Waals surface area contributed by atoms with Crippen molar-refractivity contribution in [1.29, 1.82) is 0 Å². The molecule has 0 N–H and O–H groups in total. The topological polar surface area (TPSA) is 30.2 Å². The van der Waals surface area contributed by atoms with E-state index in [4.69, 9.17) is 16.0 Å². The fourth-order valence-electron chi connectivity index (χ4n) is 2.11. The predicted octanol–water partition coefficient (Wildman–Crippen LogP) is 6.26. The van der Waals surface area contributed by atoms with Gasteiger partial charge in [0.25, 0.3) is 0 Å². The van der Waals surface area contributed by atoms with Crippen LogP contribution in [0.1, 0.15) is 16.1 Å². The van der Waals surface area contributed by atoms with Crippen molar-refractivity contribution in [3.8, 4) is 11.3 Å². The Hall–Kier alpha value is -2.10. The number of furan rings is 1. The normalized spacial score (nSPS) is 11.0. The summed E-state index contributed by atoms with van der Waals surface area (Å²) in [5.41, 5.74) is 1.56. The van der Waals surface area contributed by atoms with E-state index < -0.39 is 0 Å². The van der Waals surface area contributed by atoms with E-state index in [1.807, 2.05) is 48.5 Å². The van der Waals surface area contributed by atoms with Gasteiger partial charge in [0.05, 0.1) is 0 Å². The van der Waals surface area contributed by atoms with Crippen molar-refractivity contribution in [2.45, 2.75) is 0 Å². The lowest BCUT2D eigenvalue weighted by molar-refractivity contribution is 0.104. The van der Waals surface area contributed by atoms with Crippen LogP contribution in [0.2, 0.25) is 5.02 Å². The number of hydrogen-bond donors (Lipinski definition) is 0. The van der Waals surface area contributed by atoms with Gasteiger partial charge in [0.1, 0.15) is 11.5 Å². The van der Waals surface area contributed by atoms with Gasteiger partial charge in [-0.3, -0.25) is 4.79 Å². The highest BCUT2D eigenvalue weighted by atomic mass is 79.9. The summed E-state index contributed by atoms with van der Waals surface area (Å²) in [4.78, 5) is 12.1. The zero-order valence-corrected chi connectivity index (χ0v) is 14.3. The second kappa shape index (κ2) is 6.99. The van der Waals surface area contributed by atoms with Gasteiger partial charge < -0.3 is 4.42 Å². The summed E-state index contributed by atoms with van der Waals surface area (Å²) in [6.45, 7) is 0. The molecule has 114 valence electrons. The van der Waals surface area contributed by atoms with Crippen molar-refractivity contribution in [2.24, 2.45) is 0 Å². The quantitative estimate of drug-likeness (QED) is 0.391. The van der Waals surface area contributed by atoms with E-state index in [1.54, 1.807) is 18.2 Å². The molecule has 0 saturated carbocycles. The van der Waals surface area contributed by atoms with Crippen molar-refractivity contribution in [3.05, 3.63) is 87.6 Å². The zero-order valence-electron chi connectivity index (χ0n) is 12.0. The van der Waals surface area contributed by atoms with Gasteiger partial charge in [0, 0.05) is 20.6 Å². The second-order valence-corrected chi connectivity index (χ2v) is 6.27. The third kappa shape index (κ3) is 4.01. The Bertz CT molecular complexity index is 863. The average molecular weight is 388 g/mol. The molecule has 0 unspecified atom stereocenters. The van der Waals surface area contributed by atoms with Crippen molar-refractivity contribution in [2.75, 3.05) is 0 Å². The number of benzene rings is 2. The SMILES string of the molecule is O=C(/C=C/c1ccc(-c2ccc(Cl)cc2)o1)c1cccc(Br)c1. The van der Waals surface area contributed by atoms with E-state index in [0.29, 0.717) is 16.3 Å². The molecule has 0 atom stereocenters. The smallest absolute Gasteiger partial charge is 0.186 e. The van der Waals surface area contributed by atoms with Crippen LogP contribution in [0.15, 0.2) is 75.6 Å². The largest absolute Gasteiger partial charge is 0.457 e. The lowest BCUT2D eigenvalue weighted by atomic mass is 10.1. The van der Waals surface area contributed by atoms with Crippen LogP contribution in [0.4, 0.5) is 0 Å². The van der Waals surface area contributed by atoms with E-state index >= 15 is 0 Å². The third-order valence-corrected chi connectivity index (χ3v) is 4.01. The number of rotatable bonds is 4. The molecule has 2 aromatic carbocycles. The minimum absolute atomic E-state index is 0.0734. The fourth-order valence-corrected chi connectivity index (χ4v) is 2.63. The van der Waals surface area contributed by atoms with Crippen LogP contribution < -0.4 is 0 Å². The molecule has 0 spiro atoms. The molecule has 2 nitrogen and oxygen atoms in total. The van der Waals surface area contributed by atoms with Gasteiger partial charge in [0.15, 0.2) is 5.78 Å². The maximum atomic E-state index is 12.1. The molecule has 0 saturated heterocycles. The summed E-state index contributed by atoms with van der Waals surface area (Å²) in [6.07, 6.45) is 3.18. The number of halogens is 2. The summed E-state index contributed by atoms with van der Waals surface area (Å²) in [6, 6.07) is 18.4. The van der Waals surface area contributed by atoms with Crippen LogP contribution in [-0.4, -0.2) is 5.78 Å². The molecule has 0 amide bonds. The molecule has 0 bridgehead atoms. The molecular weight excluding hydrogens is 376 g/mol. The molecule has 0 fully saturated rings. The van der Waals surface area contributed by atoms with Crippen molar-refractivity contribution < 1.29 is 9.21 Å². The molecule has 0 radical (unpaired) electrons. The van der Waals surface area contributed by atoms with Gasteiger partial charge in [-0.25, -0.2) is 0 Å². The van der Waals surface area contributed by atoms with E-state index in [0.717, 1.165) is 15.8 Å². The van der Waals surface area contributed by atoms with Crippen LogP contribution in [0.25, 0.3) is 17.4 Å². The standard InChI is InChI=1S/C19H12BrClO2/c20-15-3-1-2-14(12-15)18(22)10-8-17-9-11-19(23-17)13-4-6-16(21)7-5-13/h1-12H/b10-8+. The van der Waals surface area contributed by atoms with Crippen LogP contribution >= 0.6 is 27.5 Å². The van der Waals surface area contributed by atoms with Gasteiger partial charge in [-0.1, -0.05) is 39.7 Å². The molecule has 3 rings (SSSR count). The Labute approximate surface area is 147 Å². The summed E-state index contributed by atoms with van der Waals surface area (Å²) < 4.78 is 6.60. The second-order valence-electron chi connectivity index (χ2n) is 4.92. The van der Waals surface area contributed by atoms with E-state index in [-0.39, 0.29) is 5.78 Å². The molecule has 1 aromatic heterocycles. The van der Waals surface area contributed by atoms with E-state index in [9.17, 15) is 4.79 Å². The van der Waals surface area contributed by atoms with Crippen molar-refractivity contribution in [1.82, 2.24) is 0 Å². The Morgan fingerprint density at radius 3 is 2.57 bits per heavy atom. The number of carbonyl (C=O) groups is 1. The summed E-state index contributed by atoms with van der Waals surface area (Å²) in [5.74, 6) is 1.28. The van der Waals surface area contributed by atoms with Crippen LogP contribution in [0.5, 0.6) is 0 Å². The highest BCUT2D eigenvalue weighted by Crippen LogP contribution is 2.24. The molecule has 4 heteroatoms. The highest BCUT2D eigenvalue weighted by Gasteiger charge is 2.05. The lowest BCUT2D eigenvalue weighted by Crippen LogP contribution is -1.93. The monoisotopic (exact) mass is 386 g/mol. The van der Waals surface area contributed by atoms with Crippen molar-refractivity contribution in [3.63, 3.8) is 0 Å². The Morgan fingerprint density at radius 2 is 1.83 bits per heavy atom. The zero-order chi connectivity index (χ0) is 16.2. The molecule has 0 aliphatic carbocycles. The van der Waals surface area contributed by atoms with Gasteiger partial charge in [-0.15, -0.1) is 0 Å². The fraction of sp³-hybridized carbons (Fsp3) is 0. The molecule has 1 heterocycles. The van der Waals surface area contributed by atoms with Gasteiger partial charge in [0.2, 0.25) is 0 Å². The van der Waals surface area contributed by atoms with E-state index in [2.05, 4.69) is 15.9 Å². The first-order valence-electron chi connectivity index (χ1n) is 6.95. The minimum Gasteiger partial charge on any atom is -0.457 e. The lowest BCUT2D eigenvalue weighted by Gasteiger charge is -1.97. The molecule has 0 aliphatic rings. The third-order valence-electron chi connectivity index (χ3n) is 3.26. The summed E-state index contributed by atoms with van der Waals surface area (Å²) in [7, 11) is 0. The Morgan fingerprint density at radius 1 is 1.04 bits per heavy atom. The van der Waals surface area contributed by atoms with Gasteiger partial charge in [-0.2, -0.15) is 0 Å². The van der Waals surface area contributed by atoms with E-state index in [1.165, 1.54) is 6.08 Å². The maximum absolute atomic E-state index is 12.1. The number of ketones is 1. The van der Waals surface area contributed by atoms with Crippen molar-refractivity contribution >= 4 is 39.4 Å². The molecular formula is C19H12BrClO2. The number of hydrogen-bond acceptors (Lipinski definition) is 2. The number of carbonyl (C=O) groups excluding carboxylic acids is 1. The van der Waals surface area contributed by atoms with Gasteiger partial charge in [-0.05, 0) is 60.7 Å². The maximum Gasteiger partial charge on any atom is 0.186 e.